The lowest BCUT2D eigenvalue weighted by molar-refractivity contribution is 0.0820. The van der Waals surface area contributed by atoms with Crippen LogP contribution in [0.4, 0.5) is 11.4 Å². The smallest absolute Gasteiger partial charge is 0.251 e. The molecule has 2 fully saturated rings. The third-order valence-corrected chi connectivity index (χ3v) is 9.59. The van der Waals surface area contributed by atoms with Crippen molar-refractivity contribution in [3.05, 3.63) is 59.7 Å². The molecule has 10 heteroatoms. The van der Waals surface area contributed by atoms with Crippen LogP contribution in [0, 0.1) is 5.92 Å². The fraction of sp³-hybridized carbons (Fsp3) is 0.567. The molecule has 2 aromatic rings. The van der Waals surface area contributed by atoms with E-state index in [1.54, 1.807) is 16.4 Å². The van der Waals surface area contributed by atoms with Gasteiger partial charge in [0, 0.05) is 36.4 Å². The number of nitrogens with one attached hydrogen (secondary N) is 3. The highest BCUT2D eigenvalue weighted by molar-refractivity contribution is 8.25. The summed E-state index contributed by atoms with van der Waals surface area (Å²) in [5.41, 5.74) is 2.91. The van der Waals surface area contributed by atoms with Gasteiger partial charge in [-0.25, -0.2) is 0 Å². The molecular weight excluding hydrogens is 548 g/mol. The fourth-order valence-electron chi connectivity index (χ4n) is 5.55. The van der Waals surface area contributed by atoms with Crippen LogP contribution in [-0.4, -0.2) is 63.2 Å². The molecule has 1 aliphatic heterocycles. The largest absolute Gasteiger partial charge is 0.390 e. The second-order valence-corrected chi connectivity index (χ2v) is 13.7. The van der Waals surface area contributed by atoms with Crippen molar-refractivity contribution in [2.24, 2.45) is 5.92 Å². The molecule has 1 heterocycles. The zero-order chi connectivity index (χ0) is 28.0. The molecule has 224 valence electrons. The Morgan fingerprint density at radius 3 is 2.45 bits per heavy atom. The molecule has 0 aromatic heterocycles. The number of aliphatic hydroxyl groups is 1. The van der Waals surface area contributed by atoms with Crippen molar-refractivity contribution in [1.82, 2.24) is 10.6 Å². The van der Waals surface area contributed by atoms with Gasteiger partial charge < -0.3 is 21.1 Å². The van der Waals surface area contributed by atoms with E-state index < -0.39 is 22.9 Å². The normalized spacial score (nSPS) is 19.7. The van der Waals surface area contributed by atoms with Gasteiger partial charge in [0.15, 0.2) is 0 Å². The topological polar surface area (TPSA) is 117 Å². The summed E-state index contributed by atoms with van der Waals surface area (Å²) < 4.78 is 23.1. The Kier molecular flexibility index (Phi) is 11.6. The van der Waals surface area contributed by atoms with Crippen molar-refractivity contribution < 1.29 is 19.0 Å². The second-order valence-electron chi connectivity index (χ2n) is 11.5. The summed E-state index contributed by atoms with van der Waals surface area (Å²) in [4.78, 5) is 13.7. The minimum absolute atomic E-state index is 0. The van der Waals surface area contributed by atoms with Crippen LogP contribution in [0.3, 0.4) is 0 Å². The van der Waals surface area contributed by atoms with E-state index >= 15 is 0 Å². The van der Waals surface area contributed by atoms with Crippen LogP contribution >= 0.6 is 23.2 Å². The van der Waals surface area contributed by atoms with Gasteiger partial charge in [0.2, 0.25) is 0 Å². The van der Waals surface area contributed by atoms with Crippen molar-refractivity contribution in [2.75, 3.05) is 35.0 Å². The maximum absolute atomic E-state index is 13.7. The molecule has 0 unspecified atom stereocenters. The number of amides is 1. The number of aliphatic hydroxyl groups excluding tert-OH is 1. The number of halogens is 1. The summed E-state index contributed by atoms with van der Waals surface area (Å²) in [5.74, 6) is 0.609. The van der Waals surface area contributed by atoms with E-state index in [9.17, 15) is 19.0 Å². The summed E-state index contributed by atoms with van der Waals surface area (Å²) in [5, 5.41) is 21.3. The molecule has 1 saturated carbocycles. The summed E-state index contributed by atoms with van der Waals surface area (Å²) in [6.45, 7) is 8.01. The molecule has 0 bridgehead atoms. The van der Waals surface area contributed by atoms with E-state index in [0.717, 1.165) is 43.4 Å². The first-order chi connectivity index (χ1) is 18.6. The van der Waals surface area contributed by atoms with Crippen LogP contribution in [0.5, 0.6) is 0 Å². The predicted octanol–water partition coefficient (Wildman–Crippen LogP) is 5.68. The summed E-state index contributed by atoms with van der Waals surface area (Å²) in [6, 6.07) is 14.8. The monoisotopic (exact) mass is 594 g/mol. The number of nitrogens with zero attached hydrogens (tertiary/aromatic N) is 1. The third-order valence-electron chi connectivity index (χ3n) is 7.65. The Hall–Kier alpha value is -2.01. The molecule has 2 atom stereocenters. The van der Waals surface area contributed by atoms with Crippen molar-refractivity contribution in [3.63, 3.8) is 0 Å². The van der Waals surface area contributed by atoms with Crippen LogP contribution < -0.4 is 20.3 Å². The number of anilines is 2. The lowest BCUT2D eigenvalue weighted by Gasteiger charge is -2.47. The number of carbonyl (C=O) groups excluding carboxylic acids is 1. The van der Waals surface area contributed by atoms with E-state index in [4.69, 9.17) is 0 Å². The number of hydrogen-bond donors (Lipinski definition) is 6. The zero-order valence-electron chi connectivity index (χ0n) is 23.9. The average molecular weight is 595 g/mol. The number of hydrogen-bond acceptors (Lipinski definition) is 7. The molecule has 1 aliphatic carbocycles. The Bertz CT molecular complexity index is 1100. The molecule has 2 aromatic carbocycles. The Morgan fingerprint density at radius 1 is 1.10 bits per heavy atom. The molecule has 40 heavy (non-hydrogen) atoms. The van der Waals surface area contributed by atoms with Gasteiger partial charge in [-0.15, -0.1) is 23.2 Å². The van der Waals surface area contributed by atoms with Crippen molar-refractivity contribution in [1.29, 1.82) is 0 Å². The summed E-state index contributed by atoms with van der Waals surface area (Å²) in [7, 11) is -2.93. The highest BCUT2D eigenvalue weighted by Gasteiger charge is 2.43. The quantitative estimate of drug-likeness (QED) is 0.177. The van der Waals surface area contributed by atoms with Gasteiger partial charge in [-0.3, -0.25) is 18.2 Å². The second kappa shape index (κ2) is 14.2. The van der Waals surface area contributed by atoms with Gasteiger partial charge in [0.05, 0.1) is 23.6 Å². The summed E-state index contributed by atoms with van der Waals surface area (Å²) in [6.07, 6.45) is 4.66. The van der Waals surface area contributed by atoms with Gasteiger partial charge in [-0.05, 0) is 75.1 Å². The van der Waals surface area contributed by atoms with Gasteiger partial charge in [0.25, 0.3) is 5.91 Å². The van der Waals surface area contributed by atoms with Crippen LogP contribution in [0.25, 0.3) is 0 Å². The molecule has 0 radical (unpaired) electrons. The minimum atomic E-state index is -2.93. The summed E-state index contributed by atoms with van der Waals surface area (Å²) >= 11 is 0. The van der Waals surface area contributed by atoms with E-state index in [-0.39, 0.29) is 23.9 Å². The Morgan fingerprint density at radius 2 is 1.82 bits per heavy atom. The Balaban J connectivity index is 0.00000441. The highest BCUT2D eigenvalue weighted by atomic mass is 35.5. The van der Waals surface area contributed by atoms with Crippen molar-refractivity contribution in [2.45, 2.75) is 77.0 Å². The maximum atomic E-state index is 13.7. The van der Waals surface area contributed by atoms with Crippen molar-refractivity contribution in [3.8, 4) is 0 Å². The predicted molar refractivity (Wildman–Crippen MR) is 169 cm³/mol. The first kappa shape index (κ1) is 32.5. The molecule has 4 rings (SSSR count). The third kappa shape index (κ3) is 8.74. The lowest BCUT2D eigenvalue weighted by Crippen LogP contribution is -2.50. The molecule has 0 spiro atoms. The van der Waals surface area contributed by atoms with Gasteiger partial charge >= 0.3 is 0 Å². The maximum Gasteiger partial charge on any atom is 0.251 e. The van der Waals surface area contributed by atoms with Gasteiger partial charge in [-0.2, -0.15) is 0 Å². The van der Waals surface area contributed by atoms with Crippen LogP contribution in [0.2, 0.25) is 0 Å². The van der Waals surface area contributed by atoms with Crippen LogP contribution in [-0.2, 0) is 6.42 Å². The molecule has 8 nitrogen and oxygen atoms in total. The standard InChI is InChI=1S/C30H46N4O4S.ClH/c1-4-31-25-17-24(18-26(19-25)34-14-8-9-15-39(34,37)38)29(36)33-27(16-23-10-6-5-7-11-23)28(35)21-32-30(12-13-30)20-22(2)3;/h5-7,10-11,17-19,22,27-28,31-32,35,37-38H,4,8-9,12-16,20-21H2,1-3H3,(H,33,36);1H/t27-,28+;/m0./s1. The van der Waals surface area contributed by atoms with Gasteiger partial charge in [-0.1, -0.05) is 44.2 Å². The van der Waals surface area contributed by atoms with Crippen LogP contribution in [0.15, 0.2) is 48.5 Å². The first-order valence-corrected chi connectivity index (χ1v) is 16.0. The molecule has 1 saturated heterocycles. The molecule has 6 N–H and O–H groups in total. The lowest BCUT2D eigenvalue weighted by atomic mass is 9.98. The highest BCUT2D eigenvalue weighted by Crippen LogP contribution is 2.50. The average Bonchev–Trinajstić information content (AvgIpc) is 3.66. The number of β-amino-alcohol motifs (C(OH)–C–C–N with tert-alkyl or cyclic N) is 1. The first-order valence-electron chi connectivity index (χ1n) is 14.3. The van der Waals surface area contributed by atoms with Crippen LogP contribution in [0.1, 0.15) is 68.8 Å². The van der Waals surface area contributed by atoms with E-state index in [0.29, 0.717) is 49.0 Å². The zero-order valence-corrected chi connectivity index (χ0v) is 25.6. The minimum Gasteiger partial charge on any atom is -0.390 e. The SMILES string of the molecule is CCNc1cc(C(=O)N[C@@H](Cc2ccccc2)[C@H](O)CNC2(CC(C)C)CC2)cc(N2CCCCS2(O)O)c1.Cl. The van der Waals surface area contributed by atoms with E-state index in [2.05, 4.69) is 29.8 Å². The Labute approximate surface area is 247 Å². The van der Waals surface area contributed by atoms with E-state index in [1.165, 1.54) is 0 Å². The number of carbonyl (C=O) groups is 1. The molecule has 1 amide bonds. The van der Waals surface area contributed by atoms with E-state index in [1.807, 2.05) is 43.3 Å². The number of benzene rings is 2. The fourth-order valence-corrected chi connectivity index (χ4v) is 7.23. The van der Waals surface area contributed by atoms with Crippen molar-refractivity contribution >= 4 is 40.5 Å². The molecular formula is C30H47ClN4O4S. The molecule has 2 aliphatic rings. The number of rotatable bonds is 13. The van der Waals surface area contributed by atoms with Gasteiger partial charge in [0.1, 0.15) is 0 Å².